The molecule has 0 radical (unpaired) electrons. The number of aryl methyl sites for hydroxylation is 1. The zero-order valence-electron chi connectivity index (χ0n) is 15.1. The van der Waals surface area contributed by atoms with Gasteiger partial charge in [0.25, 0.3) is 0 Å². The topological polar surface area (TPSA) is 46.0 Å². The normalized spacial score (nSPS) is 11.0. The number of benzene rings is 1. The zero-order chi connectivity index (χ0) is 17.6. The molecular weight excluding hydrogens is 330 g/mol. The van der Waals surface area contributed by atoms with Gasteiger partial charge in [0.1, 0.15) is 0 Å². The minimum atomic E-state index is 0.793. The van der Waals surface area contributed by atoms with E-state index in [1.165, 1.54) is 16.8 Å². The Bertz CT molecular complexity index is 804. The van der Waals surface area contributed by atoms with E-state index in [0.717, 1.165) is 36.4 Å². The Labute approximate surface area is 153 Å². The van der Waals surface area contributed by atoms with E-state index in [0.29, 0.717) is 0 Å². The van der Waals surface area contributed by atoms with Gasteiger partial charge >= 0.3 is 0 Å². The van der Waals surface area contributed by atoms with Crippen molar-refractivity contribution in [2.75, 3.05) is 18.0 Å². The van der Waals surface area contributed by atoms with Crippen molar-refractivity contribution in [3.63, 3.8) is 0 Å². The average Bonchev–Trinajstić information content (AvgIpc) is 3.25. The molecule has 0 spiro atoms. The highest BCUT2D eigenvalue weighted by molar-refractivity contribution is 7.17. The second-order valence-electron chi connectivity index (χ2n) is 6.00. The van der Waals surface area contributed by atoms with E-state index in [4.69, 9.17) is 0 Å². The fourth-order valence-corrected chi connectivity index (χ4v) is 3.82. The van der Waals surface area contributed by atoms with E-state index < -0.39 is 0 Å². The van der Waals surface area contributed by atoms with Crippen LogP contribution in [0.3, 0.4) is 0 Å². The van der Waals surface area contributed by atoms with Crippen LogP contribution in [0.15, 0.2) is 42.6 Å². The molecule has 2 heterocycles. The second kappa shape index (κ2) is 8.27. The van der Waals surface area contributed by atoms with Crippen molar-refractivity contribution < 1.29 is 0 Å². The average molecular weight is 356 g/mol. The van der Waals surface area contributed by atoms with E-state index in [1.807, 2.05) is 0 Å². The molecule has 0 aliphatic heterocycles. The number of anilines is 1. The predicted octanol–water partition coefficient (Wildman–Crippen LogP) is 3.77. The quantitative estimate of drug-likeness (QED) is 0.668. The first-order valence-electron chi connectivity index (χ1n) is 8.72. The van der Waals surface area contributed by atoms with E-state index in [9.17, 15) is 0 Å². The number of nitrogens with one attached hydrogen (secondary N) is 1. The lowest BCUT2D eigenvalue weighted by molar-refractivity contribution is 0.668. The summed E-state index contributed by atoms with van der Waals surface area (Å²) in [6.07, 6.45) is 2.05. The maximum absolute atomic E-state index is 4.38. The Hall–Kier alpha value is -2.18. The molecule has 0 fully saturated rings. The second-order valence-corrected chi connectivity index (χ2v) is 6.94. The van der Waals surface area contributed by atoms with Gasteiger partial charge in [-0.05, 0) is 38.5 Å². The van der Waals surface area contributed by atoms with Crippen molar-refractivity contribution in [1.82, 2.24) is 20.1 Å². The highest BCUT2D eigenvalue weighted by atomic mass is 32.1. The van der Waals surface area contributed by atoms with Gasteiger partial charge < -0.3 is 10.2 Å². The van der Waals surface area contributed by atoms with Gasteiger partial charge in [-0.15, -0.1) is 10.2 Å². The van der Waals surface area contributed by atoms with Crippen LogP contribution in [0.5, 0.6) is 0 Å². The third-order valence-corrected chi connectivity index (χ3v) is 5.18. The van der Waals surface area contributed by atoms with Crippen LogP contribution in [0.4, 0.5) is 5.13 Å². The molecule has 25 heavy (non-hydrogen) atoms. The number of hydrogen-bond acceptors (Lipinski definition) is 5. The highest BCUT2D eigenvalue weighted by Crippen LogP contribution is 2.24. The van der Waals surface area contributed by atoms with Gasteiger partial charge in [0.2, 0.25) is 10.3 Å². The Morgan fingerprint density at radius 3 is 2.68 bits per heavy atom. The van der Waals surface area contributed by atoms with Crippen LogP contribution < -0.4 is 10.2 Å². The number of nitrogens with zero attached hydrogens (tertiary/aromatic N) is 4. The van der Waals surface area contributed by atoms with Crippen molar-refractivity contribution in [2.45, 2.75) is 33.9 Å². The lowest BCUT2D eigenvalue weighted by atomic mass is 10.1. The number of hydrogen-bond donors (Lipinski definition) is 1. The summed E-state index contributed by atoms with van der Waals surface area (Å²) >= 11 is 1.63. The van der Waals surface area contributed by atoms with Crippen molar-refractivity contribution >= 4 is 16.5 Å². The van der Waals surface area contributed by atoms with Gasteiger partial charge in [-0.25, -0.2) is 0 Å². The Morgan fingerprint density at radius 2 is 1.92 bits per heavy atom. The van der Waals surface area contributed by atoms with Gasteiger partial charge in [-0.3, -0.25) is 4.57 Å². The smallest absolute Gasteiger partial charge is 0.218 e. The van der Waals surface area contributed by atoms with Gasteiger partial charge in [-0.1, -0.05) is 41.2 Å². The summed E-state index contributed by atoms with van der Waals surface area (Å²) in [7, 11) is 0. The van der Waals surface area contributed by atoms with Crippen molar-refractivity contribution in [2.24, 2.45) is 0 Å². The Morgan fingerprint density at radius 1 is 1.08 bits per heavy atom. The molecule has 1 N–H and O–H groups in total. The molecule has 0 saturated heterocycles. The fourth-order valence-electron chi connectivity index (χ4n) is 2.83. The Kier molecular flexibility index (Phi) is 5.83. The zero-order valence-corrected chi connectivity index (χ0v) is 15.9. The van der Waals surface area contributed by atoms with Crippen molar-refractivity contribution in [3.8, 4) is 5.13 Å². The van der Waals surface area contributed by atoms with Gasteiger partial charge in [0, 0.05) is 38.1 Å². The van der Waals surface area contributed by atoms with Crippen LogP contribution in [-0.2, 0) is 13.1 Å². The molecule has 0 aliphatic carbocycles. The SMILES string of the molecule is CCN(CC)c1nnc(-n2cccc2CNCc2cccc(C)c2)s1. The summed E-state index contributed by atoms with van der Waals surface area (Å²) in [5, 5.41) is 14.1. The number of rotatable bonds is 8. The van der Waals surface area contributed by atoms with Crippen LogP contribution in [0, 0.1) is 6.92 Å². The molecule has 3 rings (SSSR count). The summed E-state index contributed by atoms with van der Waals surface area (Å²) in [6, 6.07) is 12.8. The molecule has 6 heteroatoms. The summed E-state index contributed by atoms with van der Waals surface area (Å²) in [4.78, 5) is 2.22. The molecule has 2 aromatic heterocycles. The van der Waals surface area contributed by atoms with E-state index in [-0.39, 0.29) is 0 Å². The van der Waals surface area contributed by atoms with Crippen molar-refractivity contribution in [3.05, 3.63) is 59.4 Å². The molecule has 0 atom stereocenters. The third-order valence-electron chi connectivity index (χ3n) is 4.19. The van der Waals surface area contributed by atoms with E-state index in [1.54, 1.807) is 11.3 Å². The van der Waals surface area contributed by atoms with Crippen molar-refractivity contribution in [1.29, 1.82) is 0 Å². The van der Waals surface area contributed by atoms with Crippen LogP contribution >= 0.6 is 11.3 Å². The number of aromatic nitrogens is 3. The summed E-state index contributed by atoms with van der Waals surface area (Å²) in [6.45, 7) is 9.94. The minimum absolute atomic E-state index is 0.793. The largest absolute Gasteiger partial charge is 0.347 e. The minimum Gasteiger partial charge on any atom is -0.347 e. The molecule has 5 nitrogen and oxygen atoms in total. The summed E-state index contributed by atoms with van der Waals surface area (Å²) in [5.41, 5.74) is 3.79. The maximum Gasteiger partial charge on any atom is 0.218 e. The molecule has 0 aliphatic rings. The predicted molar refractivity (Wildman–Crippen MR) is 105 cm³/mol. The van der Waals surface area contributed by atoms with Crippen LogP contribution in [-0.4, -0.2) is 27.9 Å². The van der Waals surface area contributed by atoms with Crippen LogP contribution in [0.25, 0.3) is 5.13 Å². The molecule has 0 unspecified atom stereocenters. The molecule has 0 amide bonds. The van der Waals surface area contributed by atoms with Crippen LogP contribution in [0.1, 0.15) is 30.7 Å². The molecular formula is C19H25N5S. The monoisotopic (exact) mass is 355 g/mol. The standard InChI is InChI=1S/C19H25N5S/c1-4-23(5-2)18-21-22-19(25-18)24-11-7-10-17(24)14-20-13-16-9-6-8-15(3)12-16/h6-12,20H,4-5,13-14H2,1-3H3. The van der Waals surface area contributed by atoms with Gasteiger partial charge in [0.15, 0.2) is 0 Å². The lowest BCUT2D eigenvalue weighted by Crippen LogP contribution is -2.21. The first-order valence-corrected chi connectivity index (χ1v) is 9.54. The van der Waals surface area contributed by atoms with E-state index in [2.05, 4.69) is 88.3 Å². The lowest BCUT2D eigenvalue weighted by Gasteiger charge is -2.15. The van der Waals surface area contributed by atoms with E-state index >= 15 is 0 Å². The van der Waals surface area contributed by atoms with Gasteiger partial charge in [0.05, 0.1) is 0 Å². The molecule has 3 aromatic rings. The highest BCUT2D eigenvalue weighted by Gasteiger charge is 2.12. The van der Waals surface area contributed by atoms with Gasteiger partial charge in [-0.2, -0.15) is 0 Å². The third kappa shape index (κ3) is 4.27. The molecule has 132 valence electrons. The first kappa shape index (κ1) is 17.6. The molecule has 1 aromatic carbocycles. The first-order chi connectivity index (χ1) is 12.2. The fraction of sp³-hybridized carbons (Fsp3) is 0.368. The summed E-state index contributed by atoms with van der Waals surface area (Å²) in [5.74, 6) is 0. The van der Waals surface area contributed by atoms with Crippen LogP contribution in [0.2, 0.25) is 0 Å². The molecule has 0 bridgehead atoms. The summed E-state index contributed by atoms with van der Waals surface area (Å²) < 4.78 is 2.12. The Balaban J connectivity index is 1.66. The maximum atomic E-state index is 4.38. The molecule has 0 saturated carbocycles.